The first-order chi connectivity index (χ1) is 7.29. The molecule has 4 heteroatoms. The van der Waals surface area contributed by atoms with Gasteiger partial charge in [-0.1, -0.05) is 0 Å². The second-order valence-electron chi connectivity index (χ2n) is 3.48. The maximum Gasteiger partial charge on any atom is 0.0935 e. The molecule has 0 spiro atoms. The largest absolute Gasteiger partial charge is 0.472 e. The van der Waals surface area contributed by atoms with Crippen LogP contribution in [-0.4, -0.2) is 14.9 Å². The number of rotatable bonds is 4. The van der Waals surface area contributed by atoms with E-state index in [1.807, 2.05) is 19.2 Å². The van der Waals surface area contributed by atoms with E-state index in [9.17, 15) is 5.11 Å². The average Bonchev–Trinajstić information content (AvgIpc) is 2.86. The van der Waals surface area contributed by atoms with Gasteiger partial charge in [0.05, 0.1) is 24.8 Å². The molecule has 4 nitrogen and oxygen atoms in total. The first-order valence-electron chi connectivity index (χ1n) is 5.01. The topological polar surface area (TPSA) is 51.2 Å². The Hall–Kier alpha value is -1.55. The third-order valence-electron chi connectivity index (χ3n) is 2.37. The second-order valence-corrected chi connectivity index (χ2v) is 3.48. The van der Waals surface area contributed by atoms with Gasteiger partial charge in [-0.25, -0.2) is 0 Å². The lowest BCUT2D eigenvalue weighted by molar-refractivity contribution is 0.178. The van der Waals surface area contributed by atoms with Gasteiger partial charge in [0.2, 0.25) is 0 Å². The SMILES string of the molecule is CCn1cc(C(O)Cc2ccoc2)cn1. The van der Waals surface area contributed by atoms with Gasteiger partial charge in [0.25, 0.3) is 0 Å². The summed E-state index contributed by atoms with van der Waals surface area (Å²) in [4.78, 5) is 0. The Bertz CT molecular complexity index is 406. The van der Waals surface area contributed by atoms with E-state index >= 15 is 0 Å². The third-order valence-corrected chi connectivity index (χ3v) is 2.37. The first kappa shape index (κ1) is 9.98. The highest BCUT2D eigenvalue weighted by molar-refractivity contribution is 5.14. The molecule has 1 atom stereocenters. The van der Waals surface area contributed by atoms with Gasteiger partial charge in [0, 0.05) is 24.7 Å². The predicted octanol–water partition coefficient (Wildman–Crippen LogP) is 1.77. The van der Waals surface area contributed by atoms with Crippen molar-refractivity contribution in [1.29, 1.82) is 0 Å². The van der Waals surface area contributed by atoms with Crippen molar-refractivity contribution in [2.75, 3.05) is 0 Å². The molecule has 0 bridgehead atoms. The minimum absolute atomic E-state index is 0.511. The van der Waals surface area contributed by atoms with Crippen molar-refractivity contribution in [2.45, 2.75) is 26.0 Å². The second kappa shape index (κ2) is 4.31. The van der Waals surface area contributed by atoms with Gasteiger partial charge >= 0.3 is 0 Å². The normalized spacial score (nSPS) is 12.9. The summed E-state index contributed by atoms with van der Waals surface area (Å²) < 4.78 is 6.75. The molecule has 80 valence electrons. The molecular weight excluding hydrogens is 192 g/mol. The molecule has 15 heavy (non-hydrogen) atoms. The molecule has 0 radical (unpaired) electrons. The number of nitrogens with zero attached hydrogens (tertiary/aromatic N) is 2. The number of aromatic nitrogens is 2. The van der Waals surface area contributed by atoms with Crippen molar-refractivity contribution < 1.29 is 9.52 Å². The quantitative estimate of drug-likeness (QED) is 0.829. The van der Waals surface area contributed by atoms with Crippen LogP contribution in [0.2, 0.25) is 0 Å². The molecule has 1 N–H and O–H groups in total. The van der Waals surface area contributed by atoms with Crippen molar-refractivity contribution in [2.24, 2.45) is 0 Å². The van der Waals surface area contributed by atoms with Crippen molar-refractivity contribution in [3.05, 3.63) is 42.1 Å². The van der Waals surface area contributed by atoms with Crippen LogP contribution in [0.1, 0.15) is 24.2 Å². The summed E-state index contributed by atoms with van der Waals surface area (Å²) in [6.07, 6.45) is 6.87. The van der Waals surface area contributed by atoms with E-state index in [4.69, 9.17) is 4.42 Å². The summed E-state index contributed by atoms with van der Waals surface area (Å²) in [7, 11) is 0. The standard InChI is InChI=1S/C11H14N2O2/c1-2-13-7-10(6-12-13)11(14)5-9-3-4-15-8-9/h3-4,6-8,11,14H,2,5H2,1H3. The number of aliphatic hydroxyl groups excluding tert-OH is 1. The molecule has 0 fully saturated rings. The van der Waals surface area contributed by atoms with E-state index in [1.165, 1.54) is 0 Å². The van der Waals surface area contributed by atoms with Crippen LogP contribution in [0.3, 0.4) is 0 Å². The highest BCUT2D eigenvalue weighted by Crippen LogP contribution is 2.17. The maximum atomic E-state index is 9.91. The molecular formula is C11H14N2O2. The van der Waals surface area contributed by atoms with Gasteiger partial charge < -0.3 is 9.52 Å². The lowest BCUT2D eigenvalue weighted by atomic mass is 10.1. The van der Waals surface area contributed by atoms with E-state index in [-0.39, 0.29) is 0 Å². The van der Waals surface area contributed by atoms with E-state index in [2.05, 4.69) is 5.10 Å². The van der Waals surface area contributed by atoms with E-state index in [1.54, 1.807) is 23.4 Å². The number of furan rings is 1. The summed E-state index contributed by atoms with van der Waals surface area (Å²) in [5.74, 6) is 0. The molecule has 0 aliphatic rings. The third kappa shape index (κ3) is 2.27. The number of hydrogen-bond donors (Lipinski definition) is 1. The minimum Gasteiger partial charge on any atom is -0.472 e. The lowest BCUT2D eigenvalue weighted by Gasteiger charge is -2.05. The smallest absolute Gasteiger partial charge is 0.0935 e. The fourth-order valence-electron chi connectivity index (χ4n) is 1.47. The zero-order chi connectivity index (χ0) is 10.7. The summed E-state index contributed by atoms with van der Waals surface area (Å²) in [5, 5.41) is 14.0. The van der Waals surface area contributed by atoms with Gasteiger partial charge in [0.15, 0.2) is 0 Å². The Morgan fingerprint density at radius 1 is 1.60 bits per heavy atom. The molecule has 2 aromatic rings. The lowest BCUT2D eigenvalue weighted by Crippen LogP contribution is -2.00. The molecule has 0 aliphatic carbocycles. The number of aliphatic hydroxyl groups is 1. The van der Waals surface area contributed by atoms with Gasteiger partial charge in [-0.05, 0) is 18.6 Å². The van der Waals surface area contributed by atoms with Crippen LogP contribution in [0, 0.1) is 0 Å². The van der Waals surface area contributed by atoms with Crippen molar-refractivity contribution in [1.82, 2.24) is 9.78 Å². The summed E-state index contributed by atoms with van der Waals surface area (Å²) in [6.45, 7) is 2.83. The fraction of sp³-hybridized carbons (Fsp3) is 0.364. The molecule has 0 saturated carbocycles. The van der Waals surface area contributed by atoms with E-state index in [0.717, 1.165) is 17.7 Å². The van der Waals surface area contributed by atoms with Crippen LogP contribution < -0.4 is 0 Å². The molecule has 0 amide bonds. The molecule has 1 unspecified atom stereocenters. The number of aryl methyl sites for hydroxylation is 1. The molecule has 2 rings (SSSR count). The Morgan fingerprint density at radius 2 is 2.47 bits per heavy atom. The van der Waals surface area contributed by atoms with Crippen molar-refractivity contribution in [3.8, 4) is 0 Å². The van der Waals surface area contributed by atoms with Crippen LogP contribution in [0.25, 0.3) is 0 Å². The monoisotopic (exact) mass is 206 g/mol. The van der Waals surface area contributed by atoms with Gasteiger partial charge in [-0.2, -0.15) is 5.10 Å². The van der Waals surface area contributed by atoms with Crippen LogP contribution in [0.15, 0.2) is 35.4 Å². The fourth-order valence-corrected chi connectivity index (χ4v) is 1.47. The zero-order valence-electron chi connectivity index (χ0n) is 8.63. The van der Waals surface area contributed by atoms with Crippen LogP contribution in [-0.2, 0) is 13.0 Å². The minimum atomic E-state index is -0.511. The molecule has 0 saturated heterocycles. The predicted molar refractivity (Wildman–Crippen MR) is 55.3 cm³/mol. The Labute approximate surface area is 88.1 Å². The van der Waals surface area contributed by atoms with Gasteiger partial charge in [-0.3, -0.25) is 4.68 Å². The molecule has 0 aromatic carbocycles. The molecule has 2 aromatic heterocycles. The van der Waals surface area contributed by atoms with E-state index in [0.29, 0.717) is 6.42 Å². The van der Waals surface area contributed by atoms with Crippen LogP contribution in [0.4, 0.5) is 0 Å². The summed E-state index contributed by atoms with van der Waals surface area (Å²) in [5.41, 5.74) is 1.84. The first-order valence-corrected chi connectivity index (χ1v) is 5.01. The molecule has 0 aliphatic heterocycles. The highest BCUT2D eigenvalue weighted by atomic mass is 16.3. The van der Waals surface area contributed by atoms with Crippen LogP contribution >= 0.6 is 0 Å². The van der Waals surface area contributed by atoms with Gasteiger partial charge in [-0.15, -0.1) is 0 Å². The zero-order valence-corrected chi connectivity index (χ0v) is 8.63. The van der Waals surface area contributed by atoms with Gasteiger partial charge in [0.1, 0.15) is 0 Å². The Morgan fingerprint density at radius 3 is 3.07 bits per heavy atom. The Balaban J connectivity index is 2.04. The molecule has 2 heterocycles. The number of hydrogen-bond acceptors (Lipinski definition) is 3. The van der Waals surface area contributed by atoms with E-state index < -0.39 is 6.10 Å². The Kier molecular flexibility index (Phi) is 2.87. The highest BCUT2D eigenvalue weighted by Gasteiger charge is 2.11. The summed E-state index contributed by atoms with van der Waals surface area (Å²) in [6, 6.07) is 1.85. The summed E-state index contributed by atoms with van der Waals surface area (Å²) >= 11 is 0. The van der Waals surface area contributed by atoms with Crippen molar-refractivity contribution >= 4 is 0 Å². The average molecular weight is 206 g/mol. The van der Waals surface area contributed by atoms with Crippen molar-refractivity contribution in [3.63, 3.8) is 0 Å². The van der Waals surface area contributed by atoms with Crippen LogP contribution in [0.5, 0.6) is 0 Å². The maximum absolute atomic E-state index is 9.91.